The van der Waals surface area contributed by atoms with Crippen LogP contribution in [0.2, 0.25) is 0 Å². The summed E-state index contributed by atoms with van der Waals surface area (Å²) in [5, 5.41) is 7.32. The quantitative estimate of drug-likeness (QED) is 0.559. The predicted octanol–water partition coefficient (Wildman–Crippen LogP) is 2.81. The molecule has 0 saturated carbocycles. The van der Waals surface area contributed by atoms with Crippen LogP contribution in [-0.2, 0) is 0 Å². The molecule has 0 aliphatic heterocycles. The zero-order valence-electron chi connectivity index (χ0n) is 7.10. The van der Waals surface area contributed by atoms with Crippen LogP contribution in [0.5, 0.6) is 0 Å². The van der Waals surface area contributed by atoms with Gasteiger partial charge in [-0.05, 0) is 42.2 Å². The van der Waals surface area contributed by atoms with Crippen molar-refractivity contribution < 1.29 is 0 Å². The van der Waals surface area contributed by atoms with Gasteiger partial charge >= 0.3 is 0 Å². The zero-order valence-corrected chi connectivity index (χ0v) is 7.10. The van der Waals surface area contributed by atoms with Crippen molar-refractivity contribution in [2.24, 2.45) is 0 Å². The van der Waals surface area contributed by atoms with E-state index >= 15 is 0 Å². The van der Waals surface area contributed by atoms with Gasteiger partial charge in [0.1, 0.15) is 0 Å². The number of aryl methyl sites for hydroxylation is 1. The molecule has 0 heterocycles. The third-order valence-corrected chi connectivity index (χ3v) is 1.90. The van der Waals surface area contributed by atoms with Crippen LogP contribution in [0.1, 0.15) is 18.1 Å². The number of nitriles is 1. The van der Waals surface area contributed by atoms with Gasteiger partial charge in [0.25, 0.3) is 0 Å². The Hall–Kier alpha value is -1.29. The largest absolute Gasteiger partial charge is 0.199 e. The first-order valence-electron chi connectivity index (χ1n) is 3.63. The zero-order chi connectivity index (χ0) is 8.43. The van der Waals surface area contributed by atoms with Gasteiger partial charge in [0, 0.05) is 6.92 Å². The van der Waals surface area contributed by atoms with E-state index in [0.29, 0.717) is 0 Å². The molecule has 0 saturated heterocycles. The third-order valence-electron chi connectivity index (χ3n) is 1.90. The lowest BCUT2D eigenvalue weighted by atomic mass is 10.2. The fraction of sp³-hybridized carbons (Fsp3) is 0.300. The summed E-state index contributed by atoms with van der Waals surface area (Å²) in [6, 6.07) is 6.22. The molecule has 0 aromatic carbocycles. The smallest absolute Gasteiger partial charge is 0.0587 e. The van der Waals surface area contributed by atoms with E-state index in [9.17, 15) is 0 Å². The summed E-state index contributed by atoms with van der Waals surface area (Å²) in [6.07, 6.45) is 0. The standard InChI is InChI=1S/C8H8.C2H3N/c1-5-3-7-4-8(7)6(5)2;1-2-3/h3-4H,1-2H3;1H3. The number of fused-ring (bicyclic) bond motifs is 1. The maximum Gasteiger partial charge on any atom is 0.0587 e. The van der Waals surface area contributed by atoms with Crippen LogP contribution in [0.25, 0.3) is 11.1 Å². The summed E-state index contributed by atoms with van der Waals surface area (Å²) in [5.41, 5.74) is 5.86. The van der Waals surface area contributed by atoms with Crippen LogP contribution < -0.4 is 0 Å². The van der Waals surface area contributed by atoms with Gasteiger partial charge in [-0.15, -0.1) is 0 Å². The highest BCUT2D eigenvalue weighted by Crippen LogP contribution is 2.40. The van der Waals surface area contributed by atoms with Gasteiger partial charge in [-0.2, -0.15) is 5.26 Å². The molecule has 56 valence electrons. The highest BCUT2D eigenvalue weighted by atomic mass is 14.2. The molecule has 2 aliphatic carbocycles. The Bertz CT molecular complexity index is 318. The van der Waals surface area contributed by atoms with E-state index in [2.05, 4.69) is 26.0 Å². The minimum absolute atomic E-state index is 1.43. The van der Waals surface area contributed by atoms with Crippen LogP contribution in [0, 0.1) is 25.2 Å². The molecule has 0 N–H and O–H groups in total. The second-order valence-electron chi connectivity index (χ2n) is 2.69. The van der Waals surface area contributed by atoms with Gasteiger partial charge in [-0.3, -0.25) is 0 Å². The monoisotopic (exact) mass is 145 g/mol. The van der Waals surface area contributed by atoms with Crippen molar-refractivity contribution in [2.45, 2.75) is 20.8 Å². The molecule has 1 heteroatoms. The minimum atomic E-state index is 1.43. The first kappa shape index (κ1) is 7.81. The van der Waals surface area contributed by atoms with E-state index < -0.39 is 0 Å². The highest BCUT2D eigenvalue weighted by molar-refractivity contribution is 5.86. The van der Waals surface area contributed by atoms with Crippen molar-refractivity contribution >= 4 is 0 Å². The van der Waals surface area contributed by atoms with E-state index in [-0.39, 0.29) is 0 Å². The van der Waals surface area contributed by atoms with Gasteiger partial charge in [0.15, 0.2) is 0 Å². The van der Waals surface area contributed by atoms with Crippen molar-refractivity contribution in [1.29, 1.82) is 5.26 Å². The maximum absolute atomic E-state index is 7.32. The molecule has 0 aromatic rings. The molecular weight excluding hydrogens is 134 g/mol. The van der Waals surface area contributed by atoms with Crippen LogP contribution in [0.3, 0.4) is 0 Å². The van der Waals surface area contributed by atoms with E-state index in [4.69, 9.17) is 5.26 Å². The molecule has 2 aliphatic rings. The average molecular weight is 145 g/mol. The highest BCUT2D eigenvalue weighted by Gasteiger charge is 2.16. The van der Waals surface area contributed by atoms with E-state index in [1.54, 1.807) is 6.07 Å². The predicted molar refractivity (Wildman–Crippen MR) is 46.2 cm³/mol. The summed E-state index contributed by atoms with van der Waals surface area (Å²) in [7, 11) is 0. The van der Waals surface area contributed by atoms with Gasteiger partial charge in [0.05, 0.1) is 6.07 Å². The molecule has 0 fully saturated rings. The first-order valence-corrected chi connectivity index (χ1v) is 3.63. The molecule has 0 atom stereocenters. The normalized spacial score (nSPS) is 9.27. The van der Waals surface area contributed by atoms with Crippen LogP contribution in [0.4, 0.5) is 0 Å². The number of benzene rings is 1. The maximum atomic E-state index is 7.32. The molecular formula is C10H11N. The molecule has 0 radical (unpaired) electrons. The van der Waals surface area contributed by atoms with Crippen LogP contribution in [-0.4, -0.2) is 0 Å². The first-order chi connectivity index (χ1) is 5.20. The van der Waals surface area contributed by atoms with Gasteiger partial charge in [0.2, 0.25) is 0 Å². The Morgan fingerprint density at radius 1 is 1.27 bits per heavy atom. The molecule has 0 spiro atoms. The lowest BCUT2D eigenvalue weighted by Gasteiger charge is -1.83. The van der Waals surface area contributed by atoms with Crippen molar-refractivity contribution in [1.82, 2.24) is 0 Å². The SMILES string of the molecule is CC#N.Cc1cc2cc-2c1C. The summed E-state index contributed by atoms with van der Waals surface area (Å²) in [6.45, 7) is 5.77. The van der Waals surface area contributed by atoms with Crippen LogP contribution in [0.15, 0.2) is 12.1 Å². The van der Waals surface area contributed by atoms with E-state index in [1.165, 1.54) is 29.2 Å². The Morgan fingerprint density at radius 3 is 2.00 bits per heavy atom. The fourth-order valence-electron chi connectivity index (χ4n) is 1.12. The molecule has 2 rings (SSSR count). The van der Waals surface area contributed by atoms with Crippen molar-refractivity contribution in [3.63, 3.8) is 0 Å². The van der Waals surface area contributed by atoms with E-state index in [0.717, 1.165) is 0 Å². The van der Waals surface area contributed by atoms with Crippen LogP contribution >= 0.6 is 0 Å². The summed E-state index contributed by atoms with van der Waals surface area (Å²) < 4.78 is 0. The Labute approximate surface area is 67.3 Å². The average Bonchev–Trinajstić information content (AvgIpc) is 2.62. The lowest BCUT2D eigenvalue weighted by Crippen LogP contribution is -1.65. The topological polar surface area (TPSA) is 23.8 Å². The van der Waals surface area contributed by atoms with Gasteiger partial charge in [-0.25, -0.2) is 0 Å². The van der Waals surface area contributed by atoms with Crippen molar-refractivity contribution in [3.05, 3.63) is 23.3 Å². The Balaban J connectivity index is 0.000000179. The third kappa shape index (κ3) is 1.40. The van der Waals surface area contributed by atoms with Gasteiger partial charge in [-0.1, -0.05) is 6.07 Å². The lowest BCUT2D eigenvalue weighted by molar-refractivity contribution is 1.41. The summed E-state index contributed by atoms with van der Waals surface area (Å²) in [5.74, 6) is 0. The molecule has 11 heavy (non-hydrogen) atoms. The van der Waals surface area contributed by atoms with Gasteiger partial charge < -0.3 is 0 Å². The summed E-state index contributed by atoms with van der Waals surface area (Å²) >= 11 is 0. The molecule has 1 nitrogen and oxygen atoms in total. The second-order valence-corrected chi connectivity index (χ2v) is 2.69. The number of hydrogen-bond donors (Lipinski definition) is 0. The summed E-state index contributed by atoms with van der Waals surface area (Å²) in [4.78, 5) is 0. The van der Waals surface area contributed by atoms with E-state index in [1.807, 2.05) is 0 Å². The molecule has 0 amide bonds. The molecule has 0 unspecified atom stereocenters. The second kappa shape index (κ2) is 2.75. The fourth-order valence-corrected chi connectivity index (χ4v) is 1.12. The molecule has 0 aromatic heterocycles. The van der Waals surface area contributed by atoms with Crippen molar-refractivity contribution in [3.8, 4) is 17.2 Å². The Kier molecular flexibility index (Phi) is 1.96. The van der Waals surface area contributed by atoms with Crippen molar-refractivity contribution in [2.75, 3.05) is 0 Å². The number of nitrogens with zero attached hydrogens (tertiary/aromatic N) is 1. The minimum Gasteiger partial charge on any atom is -0.199 e. The number of rotatable bonds is 0. The Morgan fingerprint density at radius 2 is 1.82 bits per heavy atom. The molecule has 0 bridgehead atoms. The number of hydrogen-bond acceptors (Lipinski definition) is 1.